The lowest BCUT2D eigenvalue weighted by Crippen LogP contribution is -2.13. The largest absolute Gasteiger partial charge is 0.320 e. The van der Waals surface area contributed by atoms with Crippen LogP contribution in [0.2, 0.25) is 0 Å². The van der Waals surface area contributed by atoms with Crippen molar-refractivity contribution >= 4 is 0 Å². The fourth-order valence-electron chi connectivity index (χ4n) is 2.46. The lowest BCUT2D eigenvalue weighted by molar-refractivity contribution is 0.746. The van der Waals surface area contributed by atoms with Crippen LogP contribution in [0.4, 0.5) is 0 Å². The summed E-state index contributed by atoms with van der Waals surface area (Å²) < 4.78 is 1.84. The Balaban J connectivity index is 2.43. The van der Waals surface area contributed by atoms with E-state index in [-0.39, 0.29) is 6.04 Å². The molecule has 0 spiro atoms. The number of benzene rings is 1. The second-order valence-corrected chi connectivity index (χ2v) is 4.96. The summed E-state index contributed by atoms with van der Waals surface area (Å²) in [5.41, 5.74) is 12.3. The molecule has 1 unspecified atom stereocenters. The minimum atomic E-state index is -0.0905. The van der Waals surface area contributed by atoms with Gasteiger partial charge in [-0.05, 0) is 25.8 Å². The maximum Gasteiger partial charge on any atom is 0.0672 e. The van der Waals surface area contributed by atoms with E-state index in [9.17, 15) is 0 Å². The normalized spacial score (nSPS) is 12.7. The molecular formula is C15H21N3. The van der Waals surface area contributed by atoms with Crippen LogP contribution in [-0.2, 0) is 13.5 Å². The first-order chi connectivity index (χ1) is 8.51. The minimum Gasteiger partial charge on any atom is -0.320 e. The van der Waals surface area contributed by atoms with Crippen LogP contribution in [0.1, 0.15) is 40.9 Å². The third-order valence-corrected chi connectivity index (χ3v) is 3.21. The van der Waals surface area contributed by atoms with Crippen molar-refractivity contribution in [2.45, 2.75) is 33.2 Å². The third-order valence-electron chi connectivity index (χ3n) is 3.21. The first-order valence-corrected chi connectivity index (χ1v) is 6.37. The Labute approximate surface area is 109 Å². The summed E-state index contributed by atoms with van der Waals surface area (Å²) in [6.07, 6.45) is 2.94. The highest BCUT2D eigenvalue weighted by Gasteiger charge is 2.16. The van der Waals surface area contributed by atoms with E-state index in [2.05, 4.69) is 44.1 Å². The highest BCUT2D eigenvalue weighted by atomic mass is 15.3. The van der Waals surface area contributed by atoms with Gasteiger partial charge in [-0.1, -0.05) is 36.2 Å². The van der Waals surface area contributed by atoms with E-state index in [0.717, 1.165) is 23.2 Å². The van der Waals surface area contributed by atoms with Gasteiger partial charge in [-0.2, -0.15) is 5.10 Å². The SMILES string of the molecule is CCc1nn(C)cc1C(N)c1cc(C)cc(C)c1. The van der Waals surface area contributed by atoms with Gasteiger partial charge in [0, 0.05) is 18.8 Å². The van der Waals surface area contributed by atoms with Crippen molar-refractivity contribution in [1.29, 1.82) is 0 Å². The molecule has 0 radical (unpaired) electrons. The van der Waals surface area contributed by atoms with E-state index in [4.69, 9.17) is 5.73 Å². The minimum absolute atomic E-state index is 0.0905. The highest BCUT2D eigenvalue weighted by molar-refractivity contribution is 5.37. The van der Waals surface area contributed by atoms with Crippen molar-refractivity contribution in [3.05, 3.63) is 52.3 Å². The number of nitrogens with two attached hydrogens (primary N) is 1. The van der Waals surface area contributed by atoms with Gasteiger partial charge < -0.3 is 5.73 Å². The van der Waals surface area contributed by atoms with Crippen molar-refractivity contribution in [1.82, 2.24) is 9.78 Å². The average molecular weight is 243 g/mol. The molecule has 96 valence electrons. The van der Waals surface area contributed by atoms with Crippen LogP contribution < -0.4 is 5.73 Å². The smallest absolute Gasteiger partial charge is 0.0672 e. The number of aromatic nitrogens is 2. The Morgan fingerprint density at radius 1 is 1.22 bits per heavy atom. The Morgan fingerprint density at radius 3 is 2.39 bits per heavy atom. The second kappa shape index (κ2) is 4.94. The second-order valence-electron chi connectivity index (χ2n) is 4.96. The van der Waals surface area contributed by atoms with Crippen LogP contribution >= 0.6 is 0 Å². The maximum absolute atomic E-state index is 6.39. The zero-order valence-corrected chi connectivity index (χ0v) is 11.6. The molecule has 2 aromatic rings. The summed E-state index contributed by atoms with van der Waals surface area (Å²) in [5.74, 6) is 0. The van der Waals surface area contributed by atoms with Gasteiger partial charge in [0.25, 0.3) is 0 Å². The van der Waals surface area contributed by atoms with Crippen molar-refractivity contribution in [2.75, 3.05) is 0 Å². The van der Waals surface area contributed by atoms with Crippen molar-refractivity contribution in [3.8, 4) is 0 Å². The van der Waals surface area contributed by atoms with E-state index >= 15 is 0 Å². The number of aryl methyl sites for hydroxylation is 4. The van der Waals surface area contributed by atoms with Crippen LogP contribution in [-0.4, -0.2) is 9.78 Å². The monoisotopic (exact) mass is 243 g/mol. The molecule has 0 amide bonds. The zero-order valence-electron chi connectivity index (χ0n) is 11.6. The Hall–Kier alpha value is -1.61. The van der Waals surface area contributed by atoms with E-state index in [1.54, 1.807) is 0 Å². The van der Waals surface area contributed by atoms with Gasteiger partial charge in [-0.3, -0.25) is 4.68 Å². The van der Waals surface area contributed by atoms with E-state index in [1.807, 2.05) is 17.9 Å². The maximum atomic E-state index is 6.39. The highest BCUT2D eigenvalue weighted by Crippen LogP contribution is 2.24. The molecule has 1 aromatic heterocycles. The molecule has 1 aromatic carbocycles. The predicted octanol–water partition coefficient (Wildman–Crippen LogP) is 2.65. The number of rotatable bonds is 3. The topological polar surface area (TPSA) is 43.8 Å². The summed E-state index contributed by atoms with van der Waals surface area (Å²) >= 11 is 0. The lowest BCUT2D eigenvalue weighted by atomic mass is 9.96. The molecule has 1 heterocycles. The zero-order chi connectivity index (χ0) is 13.3. The van der Waals surface area contributed by atoms with Gasteiger partial charge in [0.15, 0.2) is 0 Å². The van der Waals surface area contributed by atoms with Crippen LogP contribution in [0.25, 0.3) is 0 Å². The fourth-order valence-corrected chi connectivity index (χ4v) is 2.46. The summed E-state index contributed by atoms with van der Waals surface area (Å²) in [7, 11) is 1.94. The molecule has 18 heavy (non-hydrogen) atoms. The summed E-state index contributed by atoms with van der Waals surface area (Å²) in [5, 5.41) is 4.46. The molecular weight excluding hydrogens is 222 g/mol. The van der Waals surface area contributed by atoms with E-state index in [0.29, 0.717) is 0 Å². The summed E-state index contributed by atoms with van der Waals surface area (Å²) in [4.78, 5) is 0. The van der Waals surface area contributed by atoms with Gasteiger partial charge in [-0.25, -0.2) is 0 Å². The molecule has 0 saturated carbocycles. The van der Waals surface area contributed by atoms with Gasteiger partial charge in [0.1, 0.15) is 0 Å². The molecule has 2 rings (SSSR count). The van der Waals surface area contributed by atoms with E-state index < -0.39 is 0 Å². The third kappa shape index (κ3) is 2.46. The Bertz CT molecular complexity index is 535. The molecule has 2 N–H and O–H groups in total. The first-order valence-electron chi connectivity index (χ1n) is 6.37. The quantitative estimate of drug-likeness (QED) is 0.900. The van der Waals surface area contributed by atoms with Crippen molar-refractivity contribution in [2.24, 2.45) is 12.8 Å². The average Bonchev–Trinajstić information content (AvgIpc) is 2.68. The molecule has 3 heteroatoms. The standard InChI is InChI=1S/C15H21N3/c1-5-14-13(9-18(4)17-14)15(16)12-7-10(2)6-11(3)8-12/h6-9,15H,5,16H2,1-4H3. The fraction of sp³-hybridized carbons (Fsp3) is 0.400. The van der Waals surface area contributed by atoms with Crippen LogP contribution in [0, 0.1) is 13.8 Å². The Morgan fingerprint density at radius 2 is 1.83 bits per heavy atom. The van der Waals surface area contributed by atoms with Crippen LogP contribution in [0.5, 0.6) is 0 Å². The van der Waals surface area contributed by atoms with Crippen LogP contribution in [0.15, 0.2) is 24.4 Å². The molecule has 1 atom stereocenters. The number of hydrogen-bond donors (Lipinski definition) is 1. The first kappa shape index (κ1) is 12.8. The van der Waals surface area contributed by atoms with Gasteiger partial charge in [-0.15, -0.1) is 0 Å². The van der Waals surface area contributed by atoms with Crippen LogP contribution in [0.3, 0.4) is 0 Å². The molecule has 3 nitrogen and oxygen atoms in total. The Kier molecular flexibility index (Phi) is 3.53. The number of nitrogens with zero attached hydrogens (tertiary/aromatic N) is 2. The van der Waals surface area contributed by atoms with E-state index in [1.165, 1.54) is 11.1 Å². The number of hydrogen-bond acceptors (Lipinski definition) is 2. The molecule has 0 saturated heterocycles. The molecule has 0 aliphatic carbocycles. The molecule has 0 fully saturated rings. The summed E-state index contributed by atoms with van der Waals surface area (Å²) in [6, 6.07) is 6.39. The predicted molar refractivity (Wildman–Crippen MR) is 74.5 cm³/mol. The lowest BCUT2D eigenvalue weighted by Gasteiger charge is -2.13. The molecule has 0 aliphatic heterocycles. The molecule has 0 bridgehead atoms. The van der Waals surface area contributed by atoms with Gasteiger partial charge >= 0.3 is 0 Å². The van der Waals surface area contributed by atoms with Crippen molar-refractivity contribution in [3.63, 3.8) is 0 Å². The van der Waals surface area contributed by atoms with Gasteiger partial charge in [0.2, 0.25) is 0 Å². The van der Waals surface area contributed by atoms with Gasteiger partial charge in [0.05, 0.1) is 11.7 Å². The van der Waals surface area contributed by atoms with Crippen molar-refractivity contribution < 1.29 is 0 Å². The molecule has 0 aliphatic rings. The summed E-state index contributed by atoms with van der Waals surface area (Å²) in [6.45, 7) is 6.32.